The van der Waals surface area contributed by atoms with Gasteiger partial charge in [0.05, 0.1) is 13.0 Å². The Morgan fingerprint density at radius 2 is 1.73 bits per heavy atom. The SMILES string of the molecule is COCC(=O)N(Cc1ccccc1)c1cccc(CC(=O)NCc2cccnc2)c1. The second-order valence-corrected chi connectivity index (χ2v) is 6.88. The molecule has 0 bridgehead atoms. The highest BCUT2D eigenvalue weighted by Gasteiger charge is 2.17. The van der Waals surface area contributed by atoms with Crippen LogP contribution in [-0.4, -0.2) is 30.5 Å². The molecule has 3 aromatic rings. The number of hydrogen-bond acceptors (Lipinski definition) is 4. The molecule has 6 nitrogen and oxygen atoms in total. The van der Waals surface area contributed by atoms with E-state index in [4.69, 9.17) is 4.74 Å². The molecule has 2 aromatic carbocycles. The van der Waals surface area contributed by atoms with Crippen molar-refractivity contribution in [2.75, 3.05) is 18.6 Å². The van der Waals surface area contributed by atoms with Crippen LogP contribution >= 0.6 is 0 Å². The van der Waals surface area contributed by atoms with Gasteiger partial charge in [-0.05, 0) is 34.9 Å². The standard InChI is InChI=1S/C24H25N3O3/c1-30-18-24(29)27(17-19-7-3-2-4-8-19)22-11-5-9-20(13-22)14-23(28)26-16-21-10-6-12-25-15-21/h2-13,15H,14,16-18H2,1H3,(H,26,28). The largest absolute Gasteiger partial charge is 0.375 e. The minimum atomic E-state index is -0.139. The molecule has 3 rings (SSSR count). The number of nitrogens with one attached hydrogen (secondary N) is 1. The van der Waals surface area contributed by atoms with Crippen LogP contribution in [0.2, 0.25) is 0 Å². The van der Waals surface area contributed by atoms with Crippen LogP contribution in [0, 0.1) is 0 Å². The first-order chi connectivity index (χ1) is 14.7. The van der Waals surface area contributed by atoms with Crippen molar-refractivity contribution in [3.63, 3.8) is 0 Å². The van der Waals surface area contributed by atoms with Crippen LogP contribution in [-0.2, 0) is 33.8 Å². The van der Waals surface area contributed by atoms with Crippen molar-refractivity contribution in [2.24, 2.45) is 0 Å². The molecule has 30 heavy (non-hydrogen) atoms. The molecule has 0 aliphatic rings. The van der Waals surface area contributed by atoms with Gasteiger partial charge >= 0.3 is 0 Å². The summed E-state index contributed by atoms with van der Waals surface area (Å²) in [7, 11) is 1.50. The molecular formula is C24H25N3O3. The Labute approximate surface area is 176 Å². The molecule has 0 fully saturated rings. The monoisotopic (exact) mass is 403 g/mol. The summed E-state index contributed by atoms with van der Waals surface area (Å²) in [4.78, 5) is 30.7. The highest BCUT2D eigenvalue weighted by molar-refractivity contribution is 5.94. The van der Waals surface area contributed by atoms with Gasteiger partial charge in [0.25, 0.3) is 5.91 Å². The number of carbonyl (C=O) groups excluding carboxylic acids is 2. The molecule has 1 aromatic heterocycles. The summed E-state index contributed by atoms with van der Waals surface area (Å²) < 4.78 is 5.05. The number of aromatic nitrogens is 1. The number of amides is 2. The first-order valence-electron chi connectivity index (χ1n) is 9.73. The number of ether oxygens (including phenoxy) is 1. The summed E-state index contributed by atoms with van der Waals surface area (Å²) in [6, 6.07) is 21.0. The smallest absolute Gasteiger partial charge is 0.253 e. The predicted octanol–water partition coefficient (Wildman–Crippen LogP) is 3.12. The molecule has 0 spiro atoms. The number of carbonyl (C=O) groups is 2. The van der Waals surface area contributed by atoms with E-state index in [2.05, 4.69) is 10.3 Å². The predicted molar refractivity (Wildman–Crippen MR) is 116 cm³/mol. The molecule has 6 heteroatoms. The van der Waals surface area contributed by atoms with Crippen LogP contribution in [0.4, 0.5) is 5.69 Å². The summed E-state index contributed by atoms with van der Waals surface area (Å²) >= 11 is 0. The Morgan fingerprint density at radius 3 is 2.47 bits per heavy atom. The Balaban J connectivity index is 1.70. The summed E-state index contributed by atoms with van der Waals surface area (Å²) in [6.45, 7) is 0.848. The lowest BCUT2D eigenvalue weighted by Crippen LogP contribution is -2.33. The maximum absolute atomic E-state index is 12.7. The van der Waals surface area contributed by atoms with Gasteiger partial charge in [-0.25, -0.2) is 0 Å². The van der Waals surface area contributed by atoms with Crippen molar-refractivity contribution in [3.8, 4) is 0 Å². The van der Waals surface area contributed by atoms with Gasteiger partial charge in [0.1, 0.15) is 6.61 Å². The molecule has 0 atom stereocenters. The average molecular weight is 403 g/mol. The van der Waals surface area contributed by atoms with E-state index in [9.17, 15) is 9.59 Å². The first kappa shape index (κ1) is 21.2. The molecule has 0 aliphatic carbocycles. The van der Waals surface area contributed by atoms with E-state index in [0.717, 1.165) is 22.4 Å². The van der Waals surface area contributed by atoms with Crippen LogP contribution in [0.15, 0.2) is 79.1 Å². The molecule has 0 radical (unpaired) electrons. The van der Waals surface area contributed by atoms with Gasteiger partial charge in [0.15, 0.2) is 0 Å². The van der Waals surface area contributed by atoms with E-state index in [1.807, 2.05) is 66.7 Å². The van der Waals surface area contributed by atoms with Crippen LogP contribution in [0.1, 0.15) is 16.7 Å². The van der Waals surface area contributed by atoms with E-state index in [1.165, 1.54) is 7.11 Å². The molecular weight excluding hydrogens is 378 g/mol. The lowest BCUT2D eigenvalue weighted by Gasteiger charge is -2.23. The minimum absolute atomic E-state index is 0.0113. The van der Waals surface area contributed by atoms with Crippen LogP contribution in [0.25, 0.3) is 0 Å². The second-order valence-electron chi connectivity index (χ2n) is 6.88. The molecule has 2 amide bonds. The van der Waals surface area contributed by atoms with Crippen LogP contribution in [0.3, 0.4) is 0 Å². The molecule has 1 N–H and O–H groups in total. The maximum atomic E-state index is 12.7. The van der Waals surface area contributed by atoms with E-state index in [0.29, 0.717) is 13.1 Å². The zero-order chi connectivity index (χ0) is 21.2. The fourth-order valence-electron chi connectivity index (χ4n) is 3.08. The van der Waals surface area contributed by atoms with Gasteiger partial charge in [-0.2, -0.15) is 0 Å². The quantitative estimate of drug-likeness (QED) is 0.596. The lowest BCUT2D eigenvalue weighted by atomic mass is 10.1. The van der Waals surface area contributed by atoms with Crippen molar-refractivity contribution >= 4 is 17.5 Å². The van der Waals surface area contributed by atoms with Gasteiger partial charge < -0.3 is 15.0 Å². The number of hydrogen-bond donors (Lipinski definition) is 1. The van der Waals surface area contributed by atoms with Gasteiger partial charge in [0.2, 0.25) is 5.91 Å². The molecule has 0 saturated heterocycles. The number of pyridine rings is 1. The minimum Gasteiger partial charge on any atom is -0.375 e. The highest BCUT2D eigenvalue weighted by atomic mass is 16.5. The molecule has 0 saturated carbocycles. The van der Waals surface area contributed by atoms with Gasteiger partial charge in [-0.3, -0.25) is 14.6 Å². The summed E-state index contributed by atoms with van der Waals surface area (Å²) in [5, 5.41) is 2.90. The van der Waals surface area contributed by atoms with E-state index in [1.54, 1.807) is 17.3 Å². The summed E-state index contributed by atoms with van der Waals surface area (Å²) in [5.41, 5.74) is 3.53. The first-order valence-corrected chi connectivity index (χ1v) is 9.73. The van der Waals surface area contributed by atoms with Crippen LogP contribution < -0.4 is 10.2 Å². The third-order valence-corrected chi connectivity index (χ3v) is 4.55. The lowest BCUT2D eigenvalue weighted by molar-refractivity contribution is -0.122. The number of benzene rings is 2. The van der Waals surface area contributed by atoms with Crippen molar-refractivity contribution in [2.45, 2.75) is 19.5 Å². The Morgan fingerprint density at radius 1 is 0.967 bits per heavy atom. The molecule has 154 valence electrons. The van der Waals surface area contributed by atoms with Crippen molar-refractivity contribution in [3.05, 3.63) is 95.8 Å². The fourth-order valence-corrected chi connectivity index (χ4v) is 3.08. The third-order valence-electron chi connectivity index (χ3n) is 4.55. The Hall–Kier alpha value is -3.51. The summed E-state index contributed by atoms with van der Waals surface area (Å²) in [5.74, 6) is -0.228. The third kappa shape index (κ3) is 6.25. The number of rotatable bonds is 9. The zero-order valence-corrected chi connectivity index (χ0v) is 17.0. The maximum Gasteiger partial charge on any atom is 0.253 e. The van der Waals surface area contributed by atoms with Gasteiger partial charge in [0, 0.05) is 31.7 Å². The van der Waals surface area contributed by atoms with Crippen molar-refractivity contribution < 1.29 is 14.3 Å². The highest BCUT2D eigenvalue weighted by Crippen LogP contribution is 2.20. The fraction of sp³-hybridized carbons (Fsp3) is 0.208. The second kappa shape index (κ2) is 10.9. The average Bonchev–Trinajstić information content (AvgIpc) is 2.78. The Kier molecular flexibility index (Phi) is 7.69. The van der Waals surface area contributed by atoms with Crippen molar-refractivity contribution in [1.82, 2.24) is 10.3 Å². The zero-order valence-electron chi connectivity index (χ0n) is 17.0. The summed E-state index contributed by atoms with van der Waals surface area (Å²) in [6.07, 6.45) is 3.65. The van der Waals surface area contributed by atoms with Crippen molar-refractivity contribution in [1.29, 1.82) is 0 Å². The van der Waals surface area contributed by atoms with Gasteiger partial charge in [-0.1, -0.05) is 48.5 Å². The number of anilines is 1. The molecule has 1 heterocycles. The van der Waals surface area contributed by atoms with Gasteiger partial charge in [-0.15, -0.1) is 0 Å². The van der Waals surface area contributed by atoms with Crippen LogP contribution in [0.5, 0.6) is 0 Å². The topological polar surface area (TPSA) is 71.5 Å². The Bertz CT molecular complexity index is 962. The number of methoxy groups -OCH3 is 1. The van der Waals surface area contributed by atoms with E-state index >= 15 is 0 Å². The molecule has 0 aliphatic heterocycles. The number of nitrogens with zero attached hydrogens (tertiary/aromatic N) is 2. The molecule has 0 unspecified atom stereocenters. The van der Waals surface area contributed by atoms with E-state index in [-0.39, 0.29) is 24.8 Å². The normalized spacial score (nSPS) is 10.4. The van der Waals surface area contributed by atoms with E-state index < -0.39 is 0 Å².